The van der Waals surface area contributed by atoms with Crippen LogP contribution in [0.2, 0.25) is 5.02 Å². The zero-order chi connectivity index (χ0) is 14.4. The van der Waals surface area contributed by atoms with E-state index in [2.05, 4.69) is 16.7 Å². The highest BCUT2D eigenvalue weighted by atomic mass is 35.5. The smallest absolute Gasteiger partial charge is 0.114 e. The largest absolute Gasteiger partial charge is 0.399 e. The first-order valence-electron chi connectivity index (χ1n) is 7.21. The monoisotopic (exact) mass is 297 g/mol. The van der Waals surface area contributed by atoms with Crippen molar-refractivity contribution in [2.75, 3.05) is 5.73 Å². The number of aromatic nitrogens is 2. The summed E-state index contributed by atoms with van der Waals surface area (Å²) >= 11 is 6.09. The fourth-order valence-electron chi connectivity index (χ4n) is 2.87. The van der Waals surface area contributed by atoms with Crippen molar-refractivity contribution in [2.24, 2.45) is 0 Å². The molecular formula is C17H16ClN3. The Labute approximate surface area is 128 Å². The second-order valence-electron chi connectivity index (χ2n) is 5.68. The summed E-state index contributed by atoms with van der Waals surface area (Å²) in [5.74, 6) is 1.10. The highest BCUT2D eigenvalue weighted by Gasteiger charge is 2.28. The van der Waals surface area contributed by atoms with E-state index in [-0.39, 0.29) is 0 Å². The number of benzene rings is 2. The molecule has 1 aliphatic carbocycles. The van der Waals surface area contributed by atoms with Gasteiger partial charge in [0.05, 0.1) is 11.0 Å². The van der Waals surface area contributed by atoms with Gasteiger partial charge in [-0.05, 0) is 48.7 Å². The first-order valence-corrected chi connectivity index (χ1v) is 7.59. The van der Waals surface area contributed by atoms with Crippen molar-refractivity contribution in [3.8, 4) is 0 Å². The second-order valence-corrected chi connectivity index (χ2v) is 6.12. The Morgan fingerprint density at radius 2 is 2.05 bits per heavy atom. The number of hydrogen-bond donors (Lipinski definition) is 1. The Kier molecular flexibility index (Phi) is 2.89. The van der Waals surface area contributed by atoms with Crippen molar-refractivity contribution in [3.05, 3.63) is 58.9 Å². The van der Waals surface area contributed by atoms with Gasteiger partial charge in [0, 0.05) is 23.2 Å². The van der Waals surface area contributed by atoms with Gasteiger partial charge in [0.2, 0.25) is 0 Å². The molecule has 0 atom stereocenters. The van der Waals surface area contributed by atoms with Crippen LogP contribution in [-0.2, 0) is 6.42 Å². The Morgan fingerprint density at radius 3 is 2.81 bits per heavy atom. The van der Waals surface area contributed by atoms with Crippen LogP contribution in [0.5, 0.6) is 0 Å². The van der Waals surface area contributed by atoms with Crippen molar-refractivity contribution in [1.82, 2.24) is 9.55 Å². The minimum atomic E-state index is 0.590. The Balaban J connectivity index is 1.82. The molecule has 0 radical (unpaired) electrons. The minimum absolute atomic E-state index is 0.590. The molecule has 1 heterocycles. The third-order valence-electron chi connectivity index (χ3n) is 3.95. The molecule has 1 aromatic heterocycles. The summed E-state index contributed by atoms with van der Waals surface area (Å²) in [6.07, 6.45) is 3.27. The first-order chi connectivity index (χ1) is 10.2. The molecule has 2 N–H and O–H groups in total. The molecule has 3 aromatic rings. The lowest BCUT2D eigenvalue weighted by molar-refractivity contribution is 0.716. The molecule has 1 saturated carbocycles. The fraction of sp³-hybridized carbons (Fsp3) is 0.235. The maximum atomic E-state index is 6.09. The minimum Gasteiger partial charge on any atom is -0.399 e. The number of nitrogen functional groups attached to an aromatic ring is 1. The van der Waals surface area contributed by atoms with E-state index in [1.807, 2.05) is 30.3 Å². The zero-order valence-corrected chi connectivity index (χ0v) is 12.3. The number of rotatable bonds is 3. The molecule has 106 valence electrons. The summed E-state index contributed by atoms with van der Waals surface area (Å²) in [6.45, 7) is 0. The van der Waals surface area contributed by atoms with Crippen LogP contribution in [0, 0.1) is 0 Å². The van der Waals surface area contributed by atoms with Crippen molar-refractivity contribution < 1.29 is 0 Å². The second kappa shape index (κ2) is 4.78. The molecule has 0 amide bonds. The van der Waals surface area contributed by atoms with Gasteiger partial charge < -0.3 is 10.3 Å². The number of anilines is 1. The van der Waals surface area contributed by atoms with Gasteiger partial charge in [0.15, 0.2) is 0 Å². The van der Waals surface area contributed by atoms with Crippen molar-refractivity contribution in [1.29, 1.82) is 0 Å². The molecule has 3 nitrogen and oxygen atoms in total. The number of hydrogen-bond acceptors (Lipinski definition) is 2. The lowest BCUT2D eigenvalue weighted by atomic mass is 10.1. The third kappa shape index (κ3) is 2.38. The molecule has 1 fully saturated rings. The van der Waals surface area contributed by atoms with Crippen molar-refractivity contribution >= 4 is 28.3 Å². The summed E-state index contributed by atoms with van der Waals surface area (Å²) in [5, 5.41) is 0.735. The van der Waals surface area contributed by atoms with E-state index in [9.17, 15) is 0 Å². The van der Waals surface area contributed by atoms with Crippen LogP contribution in [0.15, 0.2) is 42.5 Å². The summed E-state index contributed by atoms with van der Waals surface area (Å²) in [7, 11) is 0. The van der Waals surface area contributed by atoms with Crippen LogP contribution < -0.4 is 5.73 Å². The van der Waals surface area contributed by atoms with E-state index in [4.69, 9.17) is 22.3 Å². The summed E-state index contributed by atoms with van der Waals surface area (Å²) in [4.78, 5) is 4.80. The fourth-order valence-corrected chi connectivity index (χ4v) is 3.04. The standard InChI is InChI=1S/C17H16ClN3/c18-12-4-7-16-15(10-12)20-17(21(16)14-5-6-14)9-11-2-1-3-13(19)8-11/h1-4,7-8,10,14H,5-6,9,19H2. The molecule has 21 heavy (non-hydrogen) atoms. The molecule has 2 aromatic carbocycles. The maximum Gasteiger partial charge on any atom is 0.114 e. The quantitative estimate of drug-likeness (QED) is 0.736. The number of halogens is 1. The van der Waals surface area contributed by atoms with Gasteiger partial charge in [-0.25, -0.2) is 4.98 Å². The van der Waals surface area contributed by atoms with E-state index in [1.54, 1.807) is 0 Å². The van der Waals surface area contributed by atoms with Crippen LogP contribution in [0.1, 0.15) is 30.3 Å². The average molecular weight is 298 g/mol. The van der Waals surface area contributed by atoms with Gasteiger partial charge in [0.1, 0.15) is 5.82 Å². The lowest BCUT2D eigenvalue weighted by Crippen LogP contribution is -2.02. The third-order valence-corrected chi connectivity index (χ3v) is 4.18. The highest BCUT2D eigenvalue weighted by molar-refractivity contribution is 6.31. The van der Waals surface area contributed by atoms with Gasteiger partial charge in [-0.1, -0.05) is 23.7 Å². The first kappa shape index (κ1) is 12.7. The molecule has 0 bridgehead atoms. The van der Waals surface area contributed by atoms with E-state index in [1.165, 1.54) is 23.9 Å². The summed E-state index contributed by atoms with van der Waals surface area (Å²) in [5.41, 5.74) is 10.0. The Morgan fingerprint density at radius 1 is 1.19 bits per heavy atom. The topological polar surface area (TPSA) is 43.8 Å². The average Bonchev–Trinajstić information content (AvgIpc) is 3.21. The van der Waals surface area contributed by atoms with Crippen LogP contribution >= 0.6 is 11.6 Å². The molecular weight excluding hydrogens is 282 g/mol. The van der Waals surface area contributed by atoms with Gasteiger partial charge in [-0.3, -0.25) is 0 Å². The maximum absolute atomic E-state index is 6.09. The zero-order valence-electron chi connectivity index (χ0n) is 11.6. The summed E-state index contributed by atoms with van der Waals surface area (Å²) in [6, 6.07) is 14.6. The normalized spacial score (nSPS) is 14.7. The van der Waals surface area contributed by atoms with Crippen LogP contribution in [0.25, 0.3) is 11.0 Å². The van der Waals surface area contributed by atoms with E-state index < -0.39 is 0 Å². The number of fused-ring (bicyclic) bond motifs is 1. The van der Waals surface area contributed by atoms with E-state index in [0.29, 0.717) is 6.04 Å². The molecule has 1 aliphatic rings. The Hall–Kier alpha value is -2.00. The number of imidazole rings is 1. The molecule has 0 aliphatic heterocycles. The van der Waals surface area contributed by atoms with Crippen molar-refractivity contribution in [2.45, 2.75) is 25.3 Å². The van der Waals surface area contributed by atoms with Gasteiger partial charge >= 0.3 is 0 Å². The van der Waals surface area contributed by atoms with Gasteiger partial charge in [-0.2, -0.15) is 0 Å². The lowest BCUT2D eigenvalue weighted by Gasteiger charge is -2.08. The van der Waals surface area contributed by atoms with Gasteiger partial charge in [0.25, 0.3) is 0 Å². The van der Waals surface area contributed by atoms with E-state index >= 15 is 0 Å². The molecule has 0 spiro atoms. The summed E-state index contributed by atoms with van der Waals surface area (Å²) < 4.78 is 2.37. The molecule has 4 heteroatoms. The number of nitrogens with zero attached hydrogens (tertiary/aromatic N) is 2. The van der Waals surface area contributed by atoms with E-state index in [0.717, 1.165) is 28.5 Å². The van der Waals surface area contributed by atoms with Gasteiger partial charge in [-0.15, -0.1) is 0 Å². The van der Waals surface area contributed by atoms with Crippen LogP contribution in [0.3, 0.4) is 0 Å². The predicted octanol–water partition coefficient (Wildman–Crippen LogP) is 4.20. The van der Waals surface area contributed by atoms with Crippen LogP contribution in [-0.4, -0.2) is 9.55 Å². The molecule has 0 unspecified atom stereocenters. The molecule has 0 saturated heterocycles. The predicted molar refractivity (Wildman–Crippen MR) is 86.7 cm³/mol. The van der Waals surface area contributed by atoms with Crippen molar-refractivity contribution in [3.63, 3.8) is 0 Å². The molecule has 4 rings (SSSR count). The SMILES string of the molecule is Nc1cccc(Cc2nc3cc(Cl)ccc3n2C2CC2)c1. The highest BCUT2D eigenvalue weighted by Crippen LogP contribution is 2.39. The van der Waals surface area contributed by atoms with Crippen LogP contribution in [0.4, 0.5) is 5.69 Å². The Bertz CT molecular complexity index is 818. The number of nitrogens with two attached hydrogens (primary N) is 1.